The fourth-order valence-electron chi connectivity index (χ4n) is 2.47. The van der Waals surface area contributed by atoms with Crippen LogP contribution in [-0.4, -0.2) is 33.1 Å². The zero-order chi connectivity index (χ0) is 14.3. The molecular formula is C14H19N5O. The van der Waals surface area contributed by atoms with E-state index in [2.05, 4.69) is 27.6 Å². The van der Waals surface area contributed by atoms with Gasteiger partial charge in [0, 0.05) is 23.9 Å². The van der Waals surface area contributed by atoms with Crippen LogP contribution in [0.1, 0.15) is 30.3 Å². The van der Waals surface area contributed by atoms with Gasteiger partial charge in [-0.25, -0.2) is 4.98 Å². The first kappa shape index (κ1) is 12.9. The molecule has 20 heavy (non-hydrogen) atoms. The maximum Gasteiger partial charge on any atom is 0.242 e. The average Bonchev–Trinajstić information content (AvgIpc) is 2.96. The number of hydrogen-bond donors (Lipinski definition) is 2. The smallest absolute Gasteiger partial charge is 0.242 e. The fourth-order valence-corrected chi connectivity index (χ4v) is 2.47. The van der Waals surface area contributed by atoms with Gasteiger partial charge in [0.25, 0.3) is 0 Å². The first-order valence-corrected chi connectivity index (χ1v) is 7.00. The number of aromatic nitrogens is 3. The SMILES string of the molecule is CCc1cc(NC2CCNC2=O)n2nc(C)c(C)c2n1. The molecule has 6 nitrogen and oxygen atoms in total. The Hall–Kier alpha value is -2.11. The number of aryl methyl sites for hydroxylation is 3. The number of nitrogens with zero attached hydrogens (tertiary/aromatic N) is 3. The third-order valence-electron chi connectivity index (χ3n) is 3.84. The monoisotopic (exact) mass is 273 g/mol. The summed E-state index contributed by atoms with van der Waals surface area (Å²) in [6, 6.07) is 1.79. The predicted octanol–water partition coefficient (Wildman–Crippen LogP) is 1.21. The van der Waals surface area contributed by atoms with Crippen LogP contribution >= 0.6 is 0 Å². The highest BCUT2D eigenvalue weighted by molar-refractivity contribution is 5.86. The molecule has 3 rings (SSSR count). The van der Waals surface area contributed by atoms with Crippen molar-refractivity contribution in [3.8, 4) is 0 Å². The van der Waals surface area contributed by atoms with Crippen molar-refractivity contribution in [2.45, 2.75) is 39.7 Å². The minimum Gasteiger partial charge on any atom is -0.358 e. The Morgan fingerprint density at radius 3 is 2.95 bits per heavy atom. The van der Waals surface area contributed by atoms with E-state index in [-0.39, 0.29) is 11.9 Å². The quantitative estimate of drug-likeness (QED) is 0.881. The summed E-state index contributed by atoms with van der Waals surface area (Å²) in [6.45, 7) is 6.80. The van der Waals surface area contributed by atoms with E-state index in [0.29, 0.717) is 0 Å². The van der Waals surface area contributed by atoms with Gasteiger partial charge in [-0.05, 0) is 26.7 Å². The van der Waals surface area contributed by atoms with Gasteiger partial charge in [0.05, 0.1) is 5.69 Å². The lowest BCUT2D eigenvalue weighted by Gasteiger charge is -2.13. The van der Waals surface area contributed by atoms with Gasteiger partial charge in [0.2, 0.25) is 5.91 Å². The lowest BCUT2D eigenvalue weighted by Crippen LogP contribution is -2.30. The van der Waals surface area contributed by atoms with Gasteiger partial charge in [0.1, 0.15) is 11.9 Å². The van der Waals surface area contributed by atoms with Gasteiger partial charge in [0.15, 0.2) is 5.65 Å². The molecule has 2 aromatic rings. The van der Waals surface area contributed by atoms with Crippen LogP contribution in [-0.2, 0) is 11.2 Å². The molecule has 6 heteroatoms. The Labute approximate surface area is 117 Å². The number of anilines is 1. The zero-order valence-electron chi connectivity index (χ0n) is 12.0. The summed E-state index contributed by atoms with van der Waals surface area (Å²) >= 11 is 0. The van der Waals surface area contributed by atoms with E-state index in [1.807, 2.05) is 19.9 Å². The van der Waals surface area contributed by atoms with Crippen molar-refractivity contribution in [1.82, 2.24) is 19.9 Å². The van der Waals surface area contributed by atoms with Crippen molar-refractivity contribution in [2.75, 3.05) is 11.9 Å². The van der Waals surface area contributed by atoms with E-state index in [4.69, 9.17) is 0 Å². The molecule has 2 N–H and O–H groups in total. The molecule has 1 aliphatic rings. The van der Waals surface area contributed by atoms with E-state index in [1.54, 1.807) is 4.52 Å². The first-order valence-electron chi connectivity index (χ1n) is 7.00. The van der Waals surface area contributed by atoms with Crippen LogP contribution in [0.25, 0.3) is 5.65 Å². The molecule has 1 aliphatic heterocycles. The lowest BCUT2D eigenvalue weighted by molar-refractivity contribution is -0.119. The Morgan fingerprint density at radius 2 is 2.30 bits per heavy atom. The summed E-state index contributed by atoms with van der Waals surface area (Å²) in [4.78, 5) is 16.4. The van der Waals surface area contributed by atoms with Crippen molar-refractivity contribution < 1.29 is 4.79 Å². The molecule has 0 radical (unpaired) electrons. The number of amides is 1. The van der Waals surface area contributed by atoms with E-state index < -0.39 is 0 Å². The number of fused-ring (bicyclic) bond motifs is 1. The number of carbonyl (C=O) groups is 1. The number of rotatable bonds is 3. The molecule has 0 saturated carbocycles. The molecule has 1 amide bonds. The zero-order valence-corrected chi connectivity index (χ0v) is 12.0. The maximum absolute atomic E-state index is 11.7. The molecule has 1 atom stereocenters. The van der Waals surface area contributed by atoms with Crippen molar-refractivity contribution >= 4 is 17.4 Å². The Balaban J connectivity index is 2.08. The van der Waals surface area contributed by atoms with Crippen LogP contribution in [0.15, 0.2) is 6.07 Å². The Kier molecular flexibility index (Phi) is 3.08. The third-order valence-corrected chi connectivity index (χ3v) is 3.84. The van der Waals surface area contributed by atoms with Crippen molar-refractivity contribution in [3.05, 3.63) is 23.0 Å². The standard InChI is InChI=1S/C14H19N5O/c1-4-10-7-12(17-11-5-6-15-14(11)20)19-13(16-10)8(2)9(3)18-19/h7,11,17H,4-6H2,1-3H3,(H,15,20). The van der Waals surface area contributed by atoms with Gasteiger partial charge in [-0.1, -0.05) is 6.92 Å². The summed E-state index contributed by atoms with van der Waals surface area (Å²) in [5, 5.41) is 10.6. The fraction of sp³-hybridized carbons (Fsp3) is 0.500. The second-order valence-electron chi connectivity index (χ2n) is 5.21. The predicted molar refractivity (Wildman–Crippen MR) is 76.9 cm³/mol. The summed E-state index contributed by atoms with van der Waals surface area (Å²) in [5.74, 6) is 0.888. The number of nitrogens with one attached hydrogen (secondary N) is 2. The molecule has 1 saturated heterocycles. The average molecular weight is 273 g/mol. The van der Waals surface area contributed by atoms with Crippen molar-refractivity contribution in [1.29, 1.82) is 0 Å². The van der Waals surface area contributed by atoms with Crippen LogP contribution in [0.3, 0.4) is 0 Å². The molecule has 1 fully saturated rings. The Bertz CT molecular complexity index is 676. The largest absolute Gasteiger partial charge is 0.358 e. The molecule has 106 valence electrons. The molecule has 0 bridgehead atoms. The van der Waals surface area contributed by atoms with Crippen LogP contribution in [0.4, 0.5) is 5.82 Å². The molecule has 0 spiro atoms. The third kappa shape index (κ3) is 2.01. The normalized spacial score (nSPS) is 18.6. The molecule has 2 aromatic heterocycles. The minimum atomic E-state index is -0.185. The van der Waals surface area contributed by atoms with E-state index in [1.165, 1.54) is 0 Å². The van der Waals surface area contributed by atoms with E-state index >= 15 is 0 Å². The molecule has 0 aromatic carbocycles. The van der Waals surface area contributed by atoms with Crippen LogP contribution in [0.5, 0.6) is 0 Å². The molecule has 0 aliphatic carbocycles. The van der Waals surface area contributed by atoms with Crippen molar-refractivity contribution in [2.24, 2.45) is 0 Å². The summed E-state index contributed by atoms with van der Waals surface area (Å²) in [5.41, 5.74) is 3.91. The minimum absolute atomic E-state index is 0.0496. The molecule has 1 unspecified atom stereocenters. The second kappa shape index (κ2) is 4.77. The highest BCUT2D eigenvalue weighted by atomic mass is 16.2. The maximum atomic E-state index is 11.7. The van der Waals surface area contributed by atoms with E-state index in [0.717, 1.165) is 47.8 Å². The van der Waals surface area contributed by atoms with Crippen molar-refractivity contribution in [3.63, 3.8) is 0 Å². The first-order chi connectivity index (χ1) is 9.60. The van der Waals surface area contributed by atoms with E-state index in [9.17, 15) is 4.79 Å². The molecule has 3 heterocycles. The summed E-state index contributed by atoms with van der Waals surface area (Å²) in [7, 11) is 0. The highest BCUT2D eigenvalue weighted by Gasteiger charge is 2.25. The lowest BCUT2D eigenvalue weighted by atomic mass is 10.2. The Morgan fingerprint density at radius 1 is 1.50 bits per heavy atom. The number of hydrogen-bond acceptors (Lipinski definition) is 4. The topological polar surface area (TPSA) is 71.3 Å². The second-order valence-corrected chi connectivity index (χ2v) is 5.21. The highest BCUT2D eigenvalue weighted by Crippen LogP contribution is 2.20. The summed E-state index contributed by atoms with van der Waals surface area (Å²) in [6.07, 6.45) is 1.65. The van der Waals surface area contributed by atoms with Crippen LogP contribution < -0.4 is 10.6 Å². The van der Waals surface area contributed by atoms with Gasteiger partial charge in [-0.3, -0.25) is 4.79 Å². The van der Waals surface area contributed by atoms with Gasteiger partial charge in [-0.2, -0.15) is 9.61 Å². The van der Waals surface area contributed by atoms with Gasteiger partial charge < -0.3 is 10.6 Å². The van der Waals surface area contributed by atoms with Gasteiger partial charge >= 0.3 is 0 Å². The van der Waals surface area contributed by atoms with Crippen LogP contribution in [0, 0.1) is 13.8 Å². The summed E-state index contributed by atoms with van der Waals surface area (Å²) < 4.78 is 1.80. The van der Waals surface area contributed by atoms with Gasteiger partial charge in [-0.15, -0.1) is 0 Å². The molecular weight excluding hydrogens is 254 g/mol. The number of carbonyl (C=O) groups excluding carboxylic acids is 1. The van der Waals surface area contributed by atoms with Crippen LogP contribution in [0.2, 0.25) is 0 Å².